The minimum absolute atomic E-state index is 0.114. The van der Waals surface area contributed by atoms with Crippen LogP contribution in [0.15, 0.2) is 58.9 Å². The number of pyridine rings is 1. The minimum atomic E-state index is -0.114. The number of carbonyl (C=O) groups is 1. The van der Waals surface area contributed by atoms with Crippen molar-refractivity contribution in [2.75, 3.05) is 11.4 Å². The fourth-order valence-electron chi connectivity index (χ4n) is 2.27. The van der Waals surface area contributed by atoms with Gasteiger partial charge in [-0.1, -0.05) is 24.3 Å². The molecule has 2 aromatic rings. The molecule has 0 unspecified atom stereocenters. The highest BCUT2D eigenvalue weighted by Gasteiger charge is 2.32. The molecule has 0 aliphatic carbocycles. The van der Waals surface area contributed by atoms with E-state index in [9.17, 15) is 4.79 Å². The lowest BCUT2D eigenvalue weighted by Crippen LogP contribution is -2.29. The van der Waals surface area contributed by atoms with Crippen molar-refractivity contribution >= 4 is 23.5 Å². The van der Waals surface area contributed by atoms with Gasteiger partial charge in [-0.25, -0.2) is 0 Å². The van der Waals surface area contributed by atoms with Gasteiger partial charge in [-0.15, -0.1) is 5.10 Å². The van der Waals surface area contributed by atoms with Gasteiger partial charge >= 0.3 is 0 Å². The molecule has 2 heterocycles. The number of para-hydroxylation sites is 1. The summed E-state index contributed by atoms with van der Waals surface area (Å²) in [6, 6.07) is 13.1. The number of hydrogen-bond donors (Lipinski definition) is 0. The number of anilines is 1. The van der Waals surface area contributed by atoms with Gasteiger partial charge in [0.15, 0.2) is 5.71 Å². The molecule has 0 bridgehead atoms. The lowest BCUT2D eigenvalue weighted by Gasteiger charge is -2.12. The molecule has 0 saturated heterocycles. The molecule has 0 atom stereocenters. The van der Waals surface area contributed by atoms with Crippen LogP contribution in [0.4, 0.5) is 5.69 Å². The van der Waals surface area contributed by atoms with E-state index >= 15 is 0 Å². The van der Waals surface area contributed by atoms with Crippen molar-refractivity contribution in [3.8, 4) is 0 Å². The molecule has 0 fully saturated rings. The third-order valence-electron chi connectivity index (χ3n) is 3.25. The van der Waals surface area contributed by atoms with Gasteiger partial charge < -0.3 is 4.90 Å². The van der Waals surface area contributed by atoms with E-state index in [-0.39, 0.29) is 5.91 Å². The van der Waals surface area contributed by atoms with Crippen LogP contribution in [0.25, 0.3) is 0 Å². The molecule has 1 aromatic heterocycles. The maximum Gasteiger partial charge on any atom is 0.279 e. The zero-order valence-electron chi connectivity index (χ0n) is 11.6. The Kier molecular flexibility index (Phi) is 3.55. The fraction of sp³-hybridized carbons (Fsp3) is 0.125. The second-order valence-corrected chi connectivity index (χ2v) is 4.51. The van der Waals surface area contributed by atoms with Crippen molar-refractivity contribution in [1.82, 2.24) is 4.98 Å². The molecule has 0 radical (unpaired) electrons. The molecule has 1 aliphatic rings. The van der Waals surface area contributed by atoms with Crippen molar-refractivity contribution < 1.29 is 4.79 Å². The number of hydrogen-bond acceptors (Lipinski definition) is 4. The van der Waals surface area contributed by atoms with E-state index in [1.165, 1.54) is 6.21 Å². The van der Waals surface area contributed by atoms with Gasteiger partial charge in [0.2, 0.25) is 0 Å². The van der Waals surface area contributed by atoms with E-state index in [1.54, 1.807) is 11.1 Å². The lowest BCUT2D eigenvalue weighted by atomic mass is 10.1. The first-order valence-corrected chi connectivity index (χ1v) is 6.74. The Morgan fingerprint density at radius 3 is 2.76 bits per heavy atom. The van der Waals surface area contributed by atoms with Crippen molar-refractivity contribution in [1.29, 1.82) is 0 Å². The summed E-state index contributed by atoms with van der Waals surface area (Å²) in [5.74, 6) is -0.114. The summed E-state index contributed by atoms with van der Waals surface area (Å²) in [7, 11) is 0. The van der Waals surface area contributed by atoms with Gasteiger partial charge in [0.25, 0.3) is 5.91 Å². The van der Waals surface area contributed by atoms with E-state index in [0.717, 1.165) is 11.3 Å². The molecule has 5 heteroatoms. The molecule has 0 saturated carbocycles. The first-order chi connectivity index (χ1) is 10.3. The topological polar surface area (TPSA) is 57.9 Å². The van der Waals surface area contributed by atoms with Crippen molar-refractivity contribution in [3.05, 3.63) is 59.9 Å². The number of likely N-dealkylation sites (N-methyl/N-ethyl adjacent to an activating group) is 1. The van der Waals surface area contributed by atoms with Gasteiger partial charge in [-0.3, -0.25) is 9.78 Å². The number of nitrogens with zero attached hydrogens (tertiary/aromatic N) is 4. The summed E-state index contributed by atoms with van der Waals surface area (Å²) in [6.45, 7) is 2.55. The number of fused-ring (bicyclic) bond motifs is 1. The number of aromatic nitrogens is 1. The summed E-state index contributed by atoms with van der Waals surface area (Å²) < 4.78 is 0. The highest BCUT2D eigenvalue weighted by molar-refractivity contribution is 6.54. The van der Waals surface area contributed by atoms with Crippen LogP contribution in [-0.2, 0) is 4.79 Å². The SMILES string of the molecule is CCN1C(=O)/C(=N/N=C\c2ccccn2)c2ccccc21. The molecule has 0 N–H and O–H groups in total. The number of benzene rings is 1. The van der Waals surface area contributed by atoms with Crippen LogP contribution < -0.4 is 4.90 Å². The average molecular weight is 278 g/mol. The largest absolute Gasteiger partial charge is 0.307 e. The smallest absolute Gasteiger partial charge is 0.279 e. The second-order valence-electron chi connectivity index (χ2n) is 4.51. The van der Waals surface area contributed by atoms with Crippen LogP contribution in [0, 0.1) is 0 Å². The first-order valence-electron chi connectivity index (χ1n) is 6.74. The molecule has 1 aromatic carbocycles. The summed E-state index contributed by atoms with van der Waals surface area (Å²) in [6.07, 6.45) is 3.22. The molecule has 5 nitrogen and oxygen atoms in total. The number of carbonyl (C=O) groups excluding carboxylic acids is 1. The molecular weight excluding hydrogens is 264 g/mol. The molecule has 0 spiro atoms. The summed E-state index contributed by atoms with van der Waals surface area (Å²) in [4.78, 5) is 18.2. The van der Waals surface area contributed by atoms with E-state index in [4.69, 9.17) is 0 Å². The zero-order chi connectivity index (χ0) is 14.7. The van der Waals surface area contributed by atoms with Gasteiger partial charge in [0, 0.05) is 18.3 Å². The van der Waals surface area contributed by atoms with Gasteiger partial charge in [-0.2, -0.15) is 5.10 Å². The van der Waals surface area contributed by atoms with Gasteiger partial charge in [0.1, 0.15) is 0 Å². The molecule has 1 amide bonds. The number of rotatable bonds is 3. The van der Waals surface area contributed by atoms with Crippen LogP contribution in [0.1, 0.15) is 18.2 Å². The van der Waals surface area contributed by atoms with Crippen molar-refractivity contribution in [2.24, 2.45) is 10.2 Å². The Morgan fingerprint density at radius 1 is 1.19 bits per heavy atom. The molecule has 104 valence electrons. The standard InChI is InChI=1S/C16H14N4O/c1-2-20-14-9-4-3-8-13(14)15(16(20)21)19-18-11-12-7-5-6-10-17-12/h3-11H,2H2,1H3/b18-11-,19-15+. The number of amides is 1. The van der Waals surface area contributed by atoms with Crippen LogP contribution in [0.2, 0.25) is 0 Å². The maximum absolute atomic E-state index is 12.3. The normalized spacial score (nSPS) is 16.0. The Hall–Kier alpha value is -2.82. The van der Waals surface area contributed by atoms with E-state index in [2.05, 4.69) is 15.2 Å². The monoisotopic (exact) mass is 278 g/mol. The molecule has 3 rings (SSSR count). The summed E-state index contributed by atoms with van der Waals surface area (Å²) >= 11 is 0. The minimum Gasteiger partial charge on any atom is -0.307 e. The lowest BCUT2D eigenvalue weighted by molar-refractivity contribution is -0.112. The fourth-order valence-corrected chi connectivity index (χ4v) is 2.27. The quantitative estimate of drug-likeness (QED) is 0.639. The second kappa shape index (κ2) is 5.66. The first kappa shape index (κ1) is 13.2. The molecule has 1 aliphatic heterocycles. The van der Waals surface area contributed by atoms with E-state index in [0.29, 0.717) is 18.0 Å². The molecule has 21 heavy (non-hydrogen) atoms. The van der Waals surface area contributed by atoms with Gasteiger partial charge in [0.05, 0.1) is 17.6 Å². The predicted molar refractivity (Wildman–Crippen MR) is 82.8 cm³/mol. The van der Waals surface area contributed by atoms with Crippen molar-refractivity contribution in [3.63, 3.8) is 0 Å². The highest BCUT2D eigenvalue weighted by atomic mass is 16.2. The van der Waals surface area contributed by atoms with Crippen LogP contribution in [-0.4, -0.2) is 29.4 Å². The zero-order valence-corrected chi connectivity index (χ0v) is 11.6. The van der Waals surface area contributed by atoms with Crippen molar-refractivity contribution in [2.45, 2.75) is 6.92 Å². The van der Waals surface area contributed by atoms with E-state index < -0.39 is 0 Å². The Balaban J connectivity index is 1.93. The predicted octanol–water partition coefficient (Wildman–Crippen LogP) is 2.27. The van der Waals surface area contributed by atoms with Crippen LogP contribution in [0.3, 0.4) is 0 Å². The third kappa shape index (κ3) is 2.45. The Morgan fingerprint density at radius 2 is 2.00 bits per heavy atom. The maximum atomic E-state index is 12.3. The highest BCUT2D eigenvalue weighted by Crippen LogP contribution is 2.28. The third-order valence-corrected chi connectivity index (χ3v) is 3.25. The van der Waals surface area contributed by atoms with Crippen LogP contribution in [0.5, 0.6) is 0 Å². The van der Waals surface area contributed by atoms with Gasteiger partial charge in [-0.05, 0) is 25.1 Å². The summed E-state index contributed by atoms with van der Waals surface area (Å²) in [5, 5.41) is 8.09. The average Bonchev–Trinajstić information content (AvgIpc) is 2.80. The molecular formula is C16H14N4O. The Bertz CT molecular complexity index is 722. The summed E-state index contributed by atoms with van der Waals surface area (Å²) in [5.41, 5.74) is 2.78. The van der Waals surface area contributed by atoms with Crippen LogP contribution >= 0.6 is 0 Å². The Labute approximate surface area is 122 Å². The van der Waals surface area contributed by atoms with E-state index in [1.807, 2.05) is 49.4 Å².